The fourth-order valence-corrected chi connectivity index (χ4v) is 1.77. The highest BCUT2D eigenvalue weighted by molar-refractivity contribution is 8.13. The molecule has 0 rings (SSSR count). The van der Waals surface area contributed by atoms with Crippen LogP contribution in [-0.4, -0.2) is 23.7 Å². The minimum atomic E-state index is 0.0766. The summed E-state index contributed by atoms with van der Waals surface area (Å²) in [7, 11) is 0. The summed E-state index contributed by atoms with van der Waals surface area (Å²) in [5.74, 6) is 5.70. The van der Waals surface area contributed by atoms with Crippen molar-refractivity contribution in [1.29, 1.82) is 0 Å². The number of hydrogen-bond acceptors (Lipinski definition) is 6. The third-order valence-corrected chi connectivity index (χ3v) is 2.79. The van der Waals surface area contributed by atoms with Gasteiger partial charge in [0.05, 0.1) is 19.3 Å². The van der Waals surface area contributed by atoms with Crippen molar-refractivity contribution in [2.75, 3.05) is 12.4 Å². The van der Waals surface area contributed by atoms with E-state index < -0.39 is 0 Å². The standard InChI is InChI=1S/C12H20N4O2S/c13-6-2-1-3-7-18-8-4-12(17)19-9-5-11(14)10-16-15/h1-3,6-7,10,13,16H,4-5,8-9,14-15H2/p+1/b2-1-,7-3-,11-10-,13-6?. The number of hydrazine groups is 1. The van der Waals surface area contributed by atoms with E-state index in [1.165, 1.54) is 30.4 Å². The molecule has 0 fully saturated rings. The van der Waals surface area contributed by atoms with Crippen LogP contribution in [0.5, 0.6) is 0 Å². The Morgan fingerprint density at radius 3 is 2.79 bits per heavy atom. The van der Waals surface area contributed by atoms with Gasteiger partial charge in [-0.3, -0.25) is 16.0 Å². The van der Waals surface area contributed by atoms with Crippen LogP contribution in [0.4, 0.5) is 0 Å². The molecule has 0 aromatic rings. The maximum Gasteiger partial charge on any atom is 0.192 e. The highest BCUT2D eigenvalue weighted by Gasteiger charge is 2.02. The van der Waals surface area contributed by atoms with E-state index in [1.54, 1.807) is 18.2 Å². The van der Waals surface area contributed by atoms with Gasteiger partial charge in [-0.15, -0.1) is 0 Å². The van der Waals surface area contributed by atoms with Crippen molar-refractivity contribution in [3.8, 4) is 0 Å². The zero-order chi connectivity index (χ0) is 14.3. The summed E-state index contributed by atoms with van der Waals surface area (Å²) in [5.41, 5.74) is 8.55. The van der Waals surface area contributed by atoms with Gasteiger partial charge in [0.15, 0.2) is 11.3 Å². The van der Waals surface area contributed by atoms with E-state index >= 15 is 0 Å². The molecule has 0 aliphatic heterocycles. The number of carbonyl (C=O) groups excluding carboxylic acids is 1. The van der Waals surface area contributed by atoms with E-state index in [1.807, 2.05) is 0 Å². The second kappa shape index (κ2) is 12.7. The van der Waals surface area contributed by atoms with Gasteiger partial charge in [0.1, 0.15) is 0 Å². The Balaban J connectivity index is 3.55. The number of allylic oxidation sites excluding steroid dienone is 4. The summed E-state index contributed by atoms with van der Waals surface area (Å²) in [6.45, 7) is 0.359. The molecule has 0 saturated carbocycles. The number of hydrogen-bond donors (Lipinski definition) is 4. The number of thioether (sulfide) groups is 1. The van der Waals surface area contributed by atoms with Crippen LogP contribution in [0.2, 0.25) is 0 Å². The lowest BCUT2D eigenvalue weighted by molar-refractivity contribution is -0.111. The van der Waals surface area contributed by atoms with Crippen LogP contribution in [-0.2, 0) is 9.53 Å². The number of rotatable bonds is 10. The first-order valence-corrected chi connectivity index (χ1v) is 6.74. The van der Waals surface area contributed by atoms with Crippen LogP contribution in [0.25, 0.3) is 0 Å². The average molecular weight is 285 g/mol. The Bertz CT molecular complexity index is 354. The molecule has 19 heavy (non-hydrogen) atoms. The van der Waals surface area contributed by atoms with Gasteiger partial charge in [-0.25, -0.2) is 0 Å². The van der Waals surface area contributed by atoms with E-state index in [9.17, 15) is 4.79 Å². The van der Waals surface area contributed by atoms with Crippen molar-refractivity contribution in [3.05, 3.63) is 36.4 Å². The van der Waals surface area contributed by atoms with Gasteiger partial charge >= 0.3 is 0 Å². The van der Waals surface area contributed by atoms with E-state index in [2.05, 4.69) is 5.43 Å². The van der Waals surface area contributed by atoms with Crippen LogP contribution >= 0.6 is 11.8 Å². The SMILES string of the molecule is NN/C=C(\N)CCSC(=O)CCO/C=C\C=C/C=[NH2+]. The second-order valence-electron chi connectivity index (χ2n) is 3.38. The Labute approximate surface area is 117 Å². The zero-order valence-corrected chi connectivity index (χ0v) is 11.6. The van der Waals surface area contributed by atoms with Gasteiger partial charge < -0.3 is 15.9 Å². The van der Waals surface area contributed by atoms with Crippen molar-refractivity contribution in [3.63, 3.8) is 0 Å². The van der Waals surface area contributed by atoms with Gasteiger partial charge in [-0.1, -0.05) is 17.8 Å². The smallest absolute Gasteiger partial charge is 0.192 e. The minimum Gasteiger partial charge on any atom is -0.501 e. The largest absolute Gasteiger partial charge is 0.501 e. The predicted octanol–water partition coefficient (Wildman–Crippen LogP) is -0.794. The molecule has 0 amide bonds. The van der Waals surface area contributed by atoms with Crippen molar-refractivity contribution in [1.82, 2.24) is 5.43 Å². The fourth-order valence-electron chi connectivity index (χ4n) is 0.974. The summed E-state index contributed by atoms with van der Waals surface area (Å²) >= 11 is 1.23. The Hall–Kier alpha value is -1.73. The van der Waals surface area contributed by atoms with Gasteiger partial charge in [-0.05, 0) is 12.5 Å². The molecule has 6 nitrogen and oxygen atoms in total. The molecule has 0 saturated heterocycles. The molecule has 0 bridgehead atoms. The van der Waals surface area contributed by atoms with E-state index in [-0.39, 0.29) is 5.12 Å². The number of nitrogens with one attached hydrogen (secondary N) is 1. The third kappa shape index (κ3) is 12.5. The van der Waals surface area contributed by atoms with E-state index in [4.69, 9.17) is 21.7 Å². The fraction of sp³-hybridized carbons (Fsp3) is 0.333. The Morgan fingerprint density at radius 2 is 2.11 bits per heavy atom. The first-order chi connectivity index (χ1) is 9.20. The predicted molar refractivity (Wildman–Crippen MR) is 78.5 cm³/mol. The quantitative estimate of drug-likeness (QED) is 0.104. The molecule has 7 N–H and O–H groups in total. The van der Waals surface area contributed by atoms with Gasteiger partial charge in [0.2, 0.25) is 0 Å². The topological polar surface area (TPSA) is 116 Å². The average Bonchev–Trinajstić information content (AvgIpc) is 2.38. The normalized spacial score (nSPS) is 11.9. The molecule has 0 atom stereocenters. The van der Waals surface area contributed by atoms with Crippen molar-refractivity contribution >= 4 is 23.1 Å². The highest BCUT2D eigenvalue weighted by atomic mass is 32.2. The first kappa shape index (κ1) is 17.3. The highest BCUT2D eigenvalue weighted by Crippen LogP contribution is 2.09. The summed E-state index contributed by atoms with van der Waals surface area (Å²) in [4.78, 5) is 11.4. The number of ether oxygens (including phenoxy) is 1. The lowest BCUT2D eigenvalue weighted by Crippen LogP contribution is -2.27. The lowest BCUT2D eigenvalue weighted by atomic mass is 10.4. The summed E-state index contributed by atoms with van der Waals surface area (Å²) in [6, 6.07) is 0. The van der Waals surface area contributed by atoms with Crippen LogP contribution in [0.15, 0.2) is 36.4 Å². The molecule has 0 unspecified atom stereocenters. The molecular weight excluding hydrogens is 264 g/mol. The van der Waals surface area contributed by atoms with Crippen molar-refractivity contribution in [2.45, 2.75) is 12.8 Å². The number of nitrogens with two attached hydrogens (primary N) is 3. The summed E-state index contributed by atoms with van der Waals surface area (Å²) in [6.07, 6.45) is 10.5. The minimum absolute atomic E-state index is 0.0766. The van der Waals surface area contributed by atoms with E-state index in [0.717, 1.165) is 0 Å². The van der Waals surface area contributed by atoms with Crippen LogP contribution in [0.3, 0.4) is 0 Å². The van der Waals surface area contributed by atoms with Crippen molar-refractivity contribution < 1.29 is 14.9 Å². The summed E-state index contributed by atoms with van der Waals surface area (Å²) in [5, 5.41) is 5.21. The second-order valence-corrected chi connectivity index (χ2v) is 4.54. The lowest BCUT2D eigenvalue weighted by Gasteiger charge is -2.02. The molecule has 0 aromatic heterocycles. The molecule has 0 aromatic carbocycles. The number of carbonyl (C=O) groups is 1. The maximum atomic E-state index is 11.4. The first-order valence-electron chi connectivity index (χ1n) is 5.75. The van der Waals surface area contributed by atoms with Crippen LogP contribution in [0, 0.1) is 0 Å². The molecule has 0 aliphatic rings. The Morgan fingerprint density at radius 1 is 1.32 bits per heavy atom. The van der Waals surface area contributed by atoms with Crippen LogP contribution in [0.1, 0.15) is 12.8 Å². The molecule has 0 radical (unpaired) electrons. The molecule has 0 spiro atoms. The molecule has 106 valence electrons. The zero-order valence-electron chi connectivity index (χ0n) is 10.7. The molecule has 0 aliphatic carbocycles. The van der Waals surface area contributed by atoms with E-state index in [0.29, 0.717) is 30.9 Å². The van der Waals surface area contributed by atoms with Crippen LogP contribution < -0.4 is 22.4 Å². The monoisotopic (exact) mass is 285 g/mol. The van der Waals surface area contributed by atoms with Crippen molar-refractivity contribution in [2.24, 2.45) is 11.6 Å². The maximum absolute atomic E-state index is 11.4. The third-order valence-electron chi connectivity index (χ3n) is 1.85. The Kier molecular flexibility index (Phi) is 11.6. The molecular formula is C12H21N4O2S+. The summed E-state index contributed by atoms with van der Waals surface area (Å²) < 4.78 is 5.13. The molecule has 0 heterocycles. The van der Waals surface area contributed by atoms with Gasteiger partial charge in [0, 0.05) is 23.7 Å². The van der Waals surface area contributed by atoms with Gasteiger partial charge in [0.25, 0.3) is 0 Å². The van der Waals surface area contributed by atoms with Gasteiger partial charge in [-0.2, -0.15) is 0 Å². The molecule has 7 heteroatoms.